The Balaban J connectivity index is 1.97. The SMILES string of the molecule is CN1CCN(c2ccc(Br)cc2-c2ccoc2)CC1. The molecule has 0 aliphatic carbocycles. The van der Waals surface area contributed by atoms with E-state index >= 15 is 0 Å². The van der Waals surface area contributed by atoms with Gasteiger partial charge in [-0.3, -0.25) is 0 Å². The maximum atomic E-state index is 5.23. The number of anilines is 1. The molecule has 0 amide bonds. The molecule has 1 aromatic carbocycles. The Labute approximate surface area is 121 Å². The number of halogens is 1. The van der Waals surface area contributed by atoms with Gasteiger partial charge in [-0.05, 0) is 31.3 Å². The Hall–Kier alpha value is -1.26. The van der Waals surface area contributed by atoms with Crippen molar-refractivity contribution in [1.29, 1.82) is 0 Å². The molecule has 0 radical (unpaired) electrons. The summed E-state index contributed by atoms with van der Waals surface area (Å²) in [5.41, 5.74) is 3.65. The van der Waals surface area contributed by atoms with E-state index in [1.54, 1.807) is 12.5 Å². The third-order valence-corrected chi connectivity index (χ3v) is 4.13. The summed E-state index contributed by atoms with van der Waals surface area (Å²) in [6.45, 7) is 4.37. The van der Waals surface area contributed by atoms with Crippen molar-refractivity contribution in [2.45, 2.75) is 0 Å². The Kier molecular flexibility index (Phi) is 3.62. The lowest BCUT2D eigenvalue weighted by molar-refractivity contribution is 0.313. The lowest BCUT2D eigenvalue weighted by atomic mass is 10.1. The minimum absolute atomic E-state index is 1.07. The zero-order valence-corrected chi connectivity index (χ0v) is 12.6. The quantitative estimate of drug-likeness (QED) is 0.844. The van der Waals surface area contributed by atoms with Crippen LogP contribution in [0.3, 0.4) is 0 Å². The largest absolute Gasteiger partial charge is 0.472 e. The van der Waals surface area contributed by atoms with Crippen LogP contribution < -0.4 is 4.90 Å². The van der Waals surface area contributed by atoms with Crippen molar-refractivity contribution in [3.63, 3.8) is 0 Å². The monoisotopic (exact) mass is 320 g/mol. The van der Waals surface area contributed by atoms with Gasteiger partial charge in [0.05, 0.1) is 12.5 Å². The molecule has 0 atom stereocenters. The minimum atomic E-state index is 1.07. The fraction of sp³-hybridized carbons (Fsp3) is 0.333. The molecule has 0 saturated carbocycles. The van der Waals surface area contributed by atoms with Gasteiger partial charge < -0.3 is 14.2 Å². The molecule has 3 rings (SSSR count). The topological polar surface area (TPSA) is 19.6 Å². The van der Waals surface area contributed by atoms with E-state index in [0.717, 1.165) is 36.2 Å². The second-order valence-electron chi connectivity index (χ2n) is 4.96. The predicted octanol–water partition coefficient (Wildman–Crippen LogP) is 3.46. The average Bonchev–Trinajstić information content (AvgIpc) is 2.94. The molecular formula is C15H17BrN2O. The number of furan rings is 1. The van der Waals surface area contributed by atoms with E-state index < -0.39 is 0 Å². The maximum Gasteiger partial charge on any atom is 0.0981 e. The summed E-state index contributed by atoms with van der Waals surface area (Å²) in [7, 11) is 2.18. The molecule has 1 aromatic heterocycles. The van der Waals surface area contributed by atoms with Gasteiger partial charge in [-0.15, -0.1) is 0 Å². The van der Waals surface area contributed by atoms with Crippen molar-refractivity contribution in [3.8, 4) is 11.1 Å². The molecule has 2 heterocycles. The number of hydrogen-bond acceptors (Lipinski definition) is 3. The van der Waals surface area contributed by atoms with E-state index in [2.05, 4.69) is 51.0 Å². The maximum absolute atomic E-state index is 5.23. The number of rotatable bonds is 2. The van der Waals surface area contributed by atoms with Crippen molar-refractivity contribution in [3.05, 3.63) is 41.3 Å². The van der Waals surface area contributed by atoms with E-state index in [1.165, 1.54) is 11.3 Å². The van der Waals surface area contributed by atoms with Crippen LogP contribution in [0.25, 0.3) is 11.1 Å². The summed E-state index contributed by atoms with van der Waals surface area (Å²) in [6, 6.07) is 8.48. The van der Waals surface area contributed by atoms with Gasteiger partial charge in [0.1, 0.15) is 0 Å². The zero-order chi connectivity index (χ0) is 13.2. The molecule has 19 heavy (non-hydrogen) atoms. The van der Waals surface area contributed by atoms with Gasteiger partial charge in [0.2, 0.25) is 0 Å². The molecule has 100 valence electrons. The van der Waals surface area contributed by atoms with E-state index in [-0.39, 0.29) is 0 Å². The number of likely N-dealkylation sites (N-methyl/N-ethyl adjacent to an activating group) is 1. The third-order valence-electron chi connectivity index (χ3n) is 3.63. The van der Waals surface area contributed by atoms with Crippen LogP contribution in [0.1, 0.15) is 0 Å². The summed E-state index contributed by atoms with van der Waals surface area (Å²) in [6.07, 6.45) is 3.53. The second kappa shape index (κ2) is 5.39. The Morgan fingerprint density at radius 3 is 2.58 bits per heavy atom. The summed E-state index contributed by atoms with van der Waals surface area (Å²) >= 11 is 3.56. The summed E-state index contributed by atoms with van der Waals surface area (Å²) in [4.78, 5) is 4.82. The van der Waals surface area contributed by atoms with Gasteiger partial charge in [-0.2, -0.15) is 0 Å². The molecule has 3 nitrogen and oxygen atoms in total. The van der Waals surface area contributed by atoms with E-state index in [9.17, 15) is 0 Å². The highest BCUT2D eigenvalue weighted by molar-refractivity contribution is 9.10. The van der Waals surface area contributed by atoms with E-state index in [1.807, 2.05) is 6.07 Å². The van der Waals surface area contributed by atoms with Gasteiger partial charge >= 0.3 is 0 Å². The first kappa shape index (κ1) is 12.8. The van der Waals surface area contributed by atoms with Crippen molar-refractivity contribution in [2.24, 2.45) is 0 Å². The zero-order valence-electron chi connectivity index (χ0n) is 11.0. The fourth-order valence-corrected chi connectivity index (χ4v) is 2.84. The molecule has 1 saturated heterocycles. The minimum Gasteiger partial charge on any atom is -0.472 e. The van der Waals surface area contributed by atoms with Crippen molar-refractivity contribution in [1.82, 2.24) is 4.90 Å². The number of hydrogen-bond donors (Lipinski definition) is 0. The molecule has 1 aliphatic heterocycles. The van der Waals surface area contributed by atoms with E-state index in [4.69, 9.17) is 4.42 Å². The van der Waals surface area contributed by atoms with Crippen molar-refractivity contribution < 1.29 is 4.42 Å². The molecule has 1 fully saturated rings. The predicted molar refractivity (Wildman–Crippen MR) is 81.6 cm³/mol. The number of benzene rings is 1. The first-order chi connectivity index (χ1) is 9.24. The molecule has 1 aliphatic rings. The Morgan fingerprint density at radius 2 is 1.89 bits per heavy atom. The van der Waals surface area contributed by atoms with Gasteiger partial charge in [0.15, 0.2) is 0 Å². The standard InChI is InChI=1S/C15H17BrN2O/c1-17-5-7-18(8-6-17)15-3-2-13(16)10-14(15)12-4-9-19-11-12/h2-4,9-11H,5-8H2,1H3. The van der Waals surface area contributed by atoms with Crippen LogP contribution in [0.2, 0.25) is 0 Å². The van der Waals surface area contributed by atoms with Gasteiger partial charge in [-0.25, -0.2) is 0 Å². The number of piperazine rings is 1. The first-order valence-corrected chi connectivity index (χ1v) is 7.29. The molecule has 4 heteroatoms. The second-order valence-corrected chi connectivity index (χ2v) is 5.88. The van der Waals surface area contributed by atoms with Crippen LogP contribution in [0.5, 0.6) is 0 Å². The Morgan fingerprint density at radius 1 is 1.11 bits per heavy atom. The van der Waals surface area contributed by atoms with E-state index in [0.29, 0.717) is 0 Å². The average molecular weight is 321 g/mol. The highest BCUT2D eigenvalue weighted by Gasteiger charge is 2.18. The number of nitrogens with zero attached hydrogens (tertiary/aromatic N) is 2. The smallest absolute Gasteiger partial charge is 0.0981 e. The molecule has 0 bridgehead atoms. The highest BCUT2D eigenvalue weighted by Crippen LogP contribution is 2.34. The van der Waals surface area contributed by atoms with Crippen LogP contribution >= 0.6 is 15.9 Å². The van der Waals surface area contributed by atoms with Crippen molar-refractivity contribution >= 4 is 21.6 Å². The first-order valence-electron chi connectivity index (χ1n) is 6.49. The highest BCUT2D eigenvalue weighted by atomic mass is 79.9. The normalized spacial score (nSPS) is 16.8. The fourth-order valence-electron chi connectivity index (χ4n) is 2.48. The van der Waals surface area contributed by atoms with Gasteiger partial charge in [-0.1, -0.05) is 15.9 Å². The van der Waals surface area contributed by atoms with Gasteiger partial charge in [0, 0.05) is 47.5 Å². The van der Waals surface area contributed by atoms with Crippen LogP contribution in [-0.2, 0) is 0 Å². The molecule has 0 spiro atoms. The van der Waals surface area contributed by atoms with Gasteiger partial charge in [0.25, 0.3) is 0 Å². The lowest BCUT2D eigenvalue weighted by Crippen LogP contribution is -2.44. The molecule has 0 N–H and O–H groups in total. The van der Waals surface area contributed by atoms with Crippen molar-refractivity contribution in [2.75, 3.05) is 38.1 Å². The molecule has 2 aromatic rings. The summed E-state index contributed by atoms with van der Waals surface area (Å²) < 4.78 is 6.32. The third kappa shape index (κ3) is 2.69. The van der Waals surface area contributed by atoms with Crippen LogP contribution in [0, 0.1) is 0 Å². The molecular weight excluding hydrogens is 304 g/mol. The summed E-state index contributed by atoms with van der Waals surface area (Å²) in [5.74, 6) is 0. The van der Waals surface area contributed by atoms with Crippen LogP contribution in [0.4, 0.5) is 5.69 Å². The Bertz CT molecular complexity index is 545. The van der Waals surface area contributed by atoms with Crippen LogP contribution in [0.15, 0.2) is 45.7 Å². The summed E-state index contributed by atoms with van der Waals surface area (Å²) in [5, 5.41) is 0. The van der Waals surface area contributed by atoms with Crippen LogP contribution in [-0.4, -0.2) is 38.1 Å². The lowest BCUT2D eigenvalue weighted by Gasteiger charge is -2.35. The molecule has 0 unspecified atom stereocenters.